The van der Waals surface area contributed by atoms with Crippen molar-refractivity contribution >= 4 is 34.2 Å². The third-order valence-corrected chi connectivity index (χ3v) is 2.75. The maximum absolute atomic E-state index is 12.5. The highest BCUT2D eigenvalue weighted by atomic mass is 127. The molecule has 9 heteroatoms. The molecular formula is C8H4ClF5INO. The van der Waals surface area contributed by atoms with Gasteiger partial charge in [0.25, 0.3) is 6.43 Å². The highest BCUT2D eigenvalue weighted by molar-refractivity contribution is 14.1. The van der Waals surface area contributed by atoms with Crippen molar-refractivity contribution in [3.05, 3.63) is 21.0 Å². The quantitative estimate of drug-likeness (QED) is 0.335. The number of rotatable bonds is 3. The van der Waals surface area contributed by atoms with Crippen LogP contribution in [0.5, 0.6) is 5.75 Å². The van der Waals surface area contributed by atoms with Crippen molar-refractivity contribution in [2.24, 2.45) is 0 Å². The predicted molar refractivity (Wildman–Crippen MR) is 58.2 cm³/mol. The van der Waals surface area contributed by atoms with Crippen LogP contribution < -0.4 is 4.74 Å². The number of alkyl halides is 6. The Kier molecular flexibility index (Phi) is 4.76. The molecule has 0 spiro atoms. The summed E-state index contributed by atoms with van der Waals surface area (Å²) in [5, 5.41) is 0. The van der Waals surface area contributed by atoms with E-state index in [0.29, 0.717) is 0 Å². The van der Waals surface area contributed by atoms with Crippen LogP contribution in [0.15, 0.2) is 6.20 Å². The smallest absolute Gasteiger partial charge is 0.403 e. The van der Waals surface area contributed by atoms with Crippen molar-refractivity contribution in [2.75, 3.05) is 0 Å². The summed E-state index contributed by atoms with van der Waals surface area (Å²) in [4.78, 5) is 3.42. The average molecular weight is 387 g/mol. The molecule has 96 valence electrons. The molecule has 2 nitrogen and oxygen atoms in total. The second-order valence-electron chi connectivity index (χ2n) is 2.79. The van der Waals surface area contributed by atoms with Crippen molar-refractivity contribution in [2.45, 2.75) is 18.7 Å². The second-order valence-corrected chi connectivity index (χ2v) is 4.08. The first-order chi connectivity index (χ1) is 7.76. The molecule has 0 aromatic carbocycles. The van der Waals surface area contributed by atoms with Crippen LogP contribution in [0.25, 0.3) is 0 Å². The molecule has 0 saturated carbocycles. The van der Waals surface area contributed by atoms with Gasteiger partial charge < -0.3 is 4.74 Å². The lowest BCUT2D eigenvalue weighted by molar-refractivity contribution is -0.275. The van der Waals surface area contributed by atoms with Gasteiger partial charge in [0.05, 0.1) is 5.88 Å². The van der Waals surface area contributed by atoms with Gasteiger partial charge in [-0.2, -0.15) is 0 Å². The van der Waals surface area contributed by atoms with Crippen molar-refractivity contribution in [3.8, 4) is 5.75 Å². The minimum absolute atomic E-state index is 0.181. The third kappa shape index (κ3) is 3.80. The number of nitrogens with zero attached hydrogens (tertiary/aromatic N) is 1. The fraction of sp³-hybridized carbons (Fsp3) is 0.375. The van der Waals surface area contributed by atoms with Gasteiger partial charge in [-0.05, 0) is 22.6 Å². The van der Waals surface area contributed by atoms with E-state index in [2.05, 4.69) is 9.72 Å². The van der Waals surface area contributed by atoms with E-state index >= 15 is 0 Å². The molecule has 0 bridgehead atoms. The highest BCUT2D eigenvalue weighted by Crippen LogP contribution is 2.36. The molecule has 17 heavy (non-hydrogen) atoms. The summed E-state index contributed by atoms with van der Waals surface area (Å²) in [5.74, 6) is -1.30. The molecule has 0 aliphatic heterocycles. The van der Waals surface area contributed by atoms with Gasteiger partial charge in [-0.15, -0.1) is 24.8 Å². The van der Waals surface area contributed by atoms with Crippen LogP contribution >= 0.6 is 34.2 Å². The number of pyridine rings is 1. The van der Waals surface area contributed by atoms with E-state index in [9.17, 15) is 22.0 Å². The van der Waals surface area contributed by atoms with E-state index in [-0.39, 0.29) is 3.70 Å². The van der Waals surface area contributed by atoms with Gasteiger partial charge in [0, 0.05) is 17.3 Å². The summed E-state index contributed by atoms with van der Waals surface area (Å²) >= 11 is 6.82. The molecule has 0 aliphatic rings. The summed E-state index contributed by atoms with van der Waals surface area (Å²) in [6.45, 7) is 0. The van der Waals surface area contributed by atoms with Crippen LogP contribution in [0.1, 0.15) is 17.6 Å². The van der Waals surface area contributed by atoms with Gasteiger partial charge in [-0.3, -0.25) is 0 Å². The predicted octanol–water partition coefficient (Wildman–Crippen LogP) is 4.26. The van der Waals surface area contributed by atoms with E-state index in [4.69, 9.17) is 11.6 Å². The molecule has 0 saturated heterocycles. The zero-order valence-electron chi connectivity index (χ0n) is 7.86. The number of halogens is 7. The molecule has 0 radical (unpaired) electrons. The van der Waals surface area contributed by atoms with E-state index in [1.54, 1.807) is 0 Å². The monoisotopic (exact) mass is 387 g/mol. The molecule has 0 atom stereocenters. The maximum Gasteiger partial charge on any atom is 0.573 e. The lowest BCUT2D eigenvalue weighted by Gasteiger charge is -2.15. The van der Waals surface area contributed by atoms with Gasteiger partial charge in [0.15, 0.2) is 5.75 Å². The summed E-state index contributed by atoms with van der Waals surface area (Å²) < 4.78 is 64.8. The zero-order valence-corrected chi connectivity index (χ0v) is 10.8. The van der Waals surface area contributed by atoms with E-state index in [1.165, 1.54) is 22.6 Å². The number of ether oxygens (including phenoxy) is 1. The van der Waals surface area contributed by atoms with Gasteiger partial charge in [-0.1, -0.05) is 0 Å². The van der Waals surface area contributed by atoms with Crippen molar-refractivity contribution in [1.82, 2.24) is 4.98 Å². The standard InChI is InChI=1S/C8H4ClF5INO/c9-1-3-4(6(10)11)2-16-7(15)5(3)17-8(12,13)14/h2,6H,1H2. The van der Waals surface area contributed by atoms with Gasteiger partial charge in [0.1, 0.15) is 3.70 Å². The van der Waals surface area contributed by atoms with E-state index in [0.717, 1.165) is 6.20 Å². The zero-order chi connectivity index (χ0) is 13.2. The summed E-state index contributed by atoms with van der Waals surface area (Å²) in [6, 6.07) is 0. The van der Waals surface area contributed by atoms with Crippen molar-refractivity contribution in [3.63, 3.8) is 0 Å². The molecule has 1 aromatic rings. The molecule has 1 rings (SSSR count). The van der Waals surface area contributed by atoms with Crippen LogP contribution in [-0.2, 0) is 5.88 Å². The average Bonchev–Trinajstić information content (AvgIpc) is 2.18. The molecule has 0 N–H and O–H groups in total. The minimum atomic E-state index is -4.98. The Labute approximate surface area is 111 Å². The van der Waals surface area contributed by atoms with E-state index in [1.807, 2.05) is 0 Å². The molecule has 0 fully saturated rings. The maximum atomic E-state index is 12.5. The van der Waals surface area contributed by atoms with Gasteiger partial charge >= 0.3 is 6.36 Å². The van der Waals surface area contributed by atoms with Crippen LogP contribution in [0.2, 0.25) is 0 Å². The molecule has 0 amide bonds. The number of aromatic nitrogens is 1. The Morgan fingerprint density at radius 1 is 1.41 bits per heavy atom. The topological polar surface area (TPSA) is 22.1 Å². The van der Waals surface area contributed by atoms with Gasteiger partial charge in [-0.25, -0.2) is 13.8 Å². The molecule has 1 heterocycles. The third-order valence-electron chi connectivity index (χ3n) is 1.71. The van der Waals surface area contributed by atoms with Gasteiger partial charge in [0.2, 0.25) is 0 Å². The first kappa shape index (κ1) is 14.7. The normalized spacial score (nSPS) is 12.0. The summed E-state index contributed by atoms with van der Waals surface area (Å²) in [6.07, 6.45) is -7.17. The lowest BCUT2D eigenvalue weighted by atomic mass is 10.1. The molecular weight excluding hydrogens is 383 g/mol. The Balaban J connectivity index is 3.30. The first-order valence-electron chi connectivity index (χ1n) is 4.03. The van der Waals surface area contributed by atoms with Crippen LogP contribution in [0, 0.1) is 3.70 Å². The Morgan fingerprint density at radius 3 is 2.41 bits per heavy atom. The Morgan fingerprint density at radius 2 is 2.00 bits per heavy atom. The molecule has 1 aromatic heterocycles. The first-order valence-corrected chi connectivity index (χ1v) is 5.64. The number of hydrogen-bond acceptors (Lipinski definition) is 2. The van der Waals surface area contributed by atoms with Crippen LogP contribution in [0.4, 0.5) is 22.0 Å². The molecule has 0 unspecified atom stereocenters. The SMILES string of the molecule is FC(F)c1cnc(I)c(OC(F)(F)F)c1CCl. The fourth-order valence-electron chi connectivity index (χ4n) is 1.06. The number of hydrogen-bond donors (Lipinski definition) is 0. The second kappa shape index (κ2) is 5.51. The van der Waals surface area contributed by atoms with E-state index < -0.39 is 35.5 Å². The fourth-order valence-corrected chi connectivity index (χ4v) is 1.91. The summed E-state index contributed by atoms with van der Waals surface area (Å²) in [5.41, 5.74) is -1.07. The van der Waals surface area contributed by atoms with Crippen LogP contribution in [0.3, 0.4) is 0 Å². The largest absolute Gasteiger partial charge is 0.573 e. The molecule has 0 aliphatic carbocycles. The van der Waals surface area contributed by atoms with Crippen molar-refractivity contribution in [1.29, 1.82) is 0 Å². The minimum Gasteiger partial charge on any atom is -0.403 e. The Hall–Kier alpha value is -0.380. The summed E-state index contributed by atoms with van der Waals surface area (Å²) in [7, 11) is 0. The van der Waals surface area contributed by atoms with Crippen molar-refractivity contribution < 1.29 is 26.7 Å². The Bertz CT molecular complexity index is 412. The highest BCUT2D eigenvalue weighted by Gasteiger charge is 2.34. The lowest BCUT2D eigenvalue weighted by Crippen LogP contribution is -2.19. The van der Waals surface area contributed by atoms with Crippen LogP contribution in [-0.4, -0.2) is 11.3 Å².